The Hall–Kier alpha value is -1.95. The van der Waals surface area contributed by atoms with Crippen LogP contribution in [0, 0.1) is 11.7 Å². The second-order valence-corrected chi connectivity index (χ2v) is 6.48. The van der Waals surface area contributed by atoms with E-state index >= 15 is 0 Å². The normalized spacial score (nSPS) is 24.0. The van der Waals surface area contributed by atoms with Gasteiger partial charge in [-0.2, -0.15) is 0 Å². The van der Waals surface area contributed by atoms with Crippen molar-refractivity contribution < 1.29 is 18.7 Å². The zero-order valence-electron chi connectivity index (χ0n) is 13.7. The van der Waals surface area contributed by atoms with Crippen LogP contribution in [0.5, 0.6) is 0 Å². The zero-order valence-corrected chi connectivity index (χ0v) is 13.7. The summed E-state index contributed by atoms with van der Waals surface area (Å²) < 4.78 is 18.5. The smallest absolute Gasteiger partial charge is 0.253 e. The van der Waals surface area contributed by atoms with Crippen LogP contribution in [0.3, 0.4) is 0 Å². The van der Waals surface area contributed by atoms with Gasteiger partial charge in [0.15, 0.2) is 0 Å². The number of hydrogen-bond acceptors (Lipinski definition) is 3. The van der Waals surface area contributed by atoms with Gasteiger partial charge in [-0.25, -0.2) is 4.39 Å². The largest absolute Gasteiger partial charge is 0.376 e. The fourth-order valence-corrected chi connectivity index (χ4v) is 3.31. The van der Waals surface area contributed by atoms with Crippen molar-refractivity contribution in [2.45, 2.75) is 31.8 Å². The van der Waals surface area contributed by atoms with Gasteiger partial charge in [-0.3, -0.25) is 9.59 Å². The highest BCUT2D eigenvalue weighted by atomic mass is 19.1. The molecule has 5 nitrogen and oxygen atoms in total. The maximum absolute atomic E-state index is 13.0. The molecule has 0 aliphatic carbocycles. The molecular weight excluding hydrogens is 311 g/mol. The minimum atomic E-state index is -0.364. The minimum absolute atomic E-state index is 0.0119. The van der Waals surface area contributed by atoms with Crippen molar-refractivity contribution in [1.29, 1.82) is 0 Å². The van der Waals surface area contributed by atoms with Crippen LogP contribution in [-0.2, 0) is 9.53 Å². The third kappa shape index (κ3) is 4.12. The molecule has 2 heterocycles. The Morgan fingerprint density at radius 1 is 1.21 bits per heavy atom. The third-order valence-corrected chi connectivity index (χ3v) is 4.70. The summed E-state index contributed by atoms with van der Waals surface area (Å²) in [6, 6.07) is 5.53. The average Bonchev–Trinajstić information content (AvgIpc) is 3.13. The molecule has 2 aliphatic rings. The first-order chi connectivity index (χ1) is 11.6. The Bertz CT molecular complexity index is 584. The molecular formula is C18H23FN2O3. The number of carbonyl (C=O) groups is 2. The Morgan fingerprint density at radius 3 is 2.71 bits per heavy atom. The van der Waals surface area contributed by atoms with E-state index in [4.69, 9.17) is 4.74 Å². The number of ether oxygens (including phenoxy) is 1. The average molecular weight is 334 g/mol. The predicted octanol–water partition coefficient (Wildman–Crippen LogP) is 1.97. The molecule has 0 radical (unpaired) electrons. The first-order valence-electron chi connectivity index (χ1n) is 8.57. The van der Waals surface area contributed by atoms with Gasteiger partial charge in [0.05, 0.1) is 12.0 Å². The fourth-order valence-electron chi connectivity index (χ4n) is 3.31. The highest BCUT2D eigenvalue weighted by Crippen LogP contribution is 2.19. The number of hydrogen-bond donors (Lipinski definition) is 1. The van der Waals surface area contributed by atoms with Crippen LogP contribution in [0.2, 0.25) is 0 Å². The lowest BCUT2D eigenvalue weighted by molar-refractivity contribution is -0.126. The quantitative estimate of drug-likeness (QED) is 0.916. The summed E-state index contributed by atoms with van der Waals surface area (Å²) in [5.41, 5.74) is 0.455. The molecule has 1 aromatic carbocycles. The van der Waals surface area contributed by atoms with E-state index in [1.165, 1.54) is 24.3 Å². The molecule has 1 N–H and O–H groups in total. The summed E-state index contributed by atoms with van der Waals surface area (Å²) in [5.74, 6) is -0.713. The molecule has 24 heavy (non-hydrogen) atoms. The van der Waals surface area contributed by atoms with Crippen LogP contribution in [0.15, 0.2) is 24.3 Å². The molecule has 0 spiro atoms. The molecule has 1 aromatic rings. The van der Waals surface area contributed by atoms with Gasteiger partial charge in [0.2, 0.25) is 5.91 Å². The highest BCUT2D eigenvalue weighted by Gasteiger charge is 2.29. The Morgan fingerprint density at radius 2 is 2.00 bits per heavy atom. The van der Waals surface area contributed by atoms with Crippen LogP contribution < -0.4 is 5.32 Å². The van der Waals surface area contributed by atoms with E-state index in [2.05, 4.69) is 5.32 Å². The standard InChI is InChI=1S/C18H23FN2O3/c19-15-7-5-13(6-8-15)18(23)21-9-1-3-14(12-21)17(22)20-11-16-4-2-10-24-16/h5-8,14,16H,1-4,9-12H2,(H,20,22)/t14-,16+/m1/s1. The summed E-state index contributed by atoms with van der Waals surface area (Å²) in [6.07, 6.45) is 3.73. The number of halogens is 1. The molecule has 2 aliphatic heterocycles. The lowest BCUT2D eigenvalue weighted by Gasteiger charge is -2.32. The first kappa shape index (κ1) is 16.9. The van der Waals surface area contributed by atoms with E-state index in [0.717, 1.165) is 32.3 Å². The van der Waals surface area contributed by atoms with Crippen molar-refractivity contribution in [3.8, 4) is 0 Å². The molecule has 130 valence electrons. The number of carbonyl (C=O) groups excluding carboxylic acids is 2. The van der Waals surface area contributed by atoms with Crippen molar-refractivity contribution in [3.05, 3.63) is 35.6 Å². The second kappa shape index (κ2) is 7.75. The van der Waals surface area contributed by atoms with Crippen molar-refractivity contribution in [2.24, 2.45) is 5.92 Å². The number of rotatable bonds is 4. The summed E-state index contributed by atoms with van der Waals surface area (Å²) in [6.45, 7) is 2.35. The van der Waals surface area contributed by atoms with Crippen LogP contribution in [-0.4, -0.2) is 49.1 Å². The molecule has 2 atom stereocenters. The van der Waals surface area contributed by atoms with Crippen molar-refractivity contribution in [1.82, 2.24) is 10.2 Å². The summed E-state index contributed by atoms with van der Waals surface area (Å²) in [5, 5.41) is 2.95. The lowest BCUT2D eigenvalue weighted by Crippen LogP contribution is -2.46. The summed E-state index contributed by atoms with van der Waals surface area (Å²) >= 11 is 0. The molecule has 6 heteroatoms. The number of nitrogens with zero attached hydrogens (tertiary/aromatic N) is 1. The van der Waals surface area contributed by atoms with Gasteiger partial charge in [-0.1, -0.05) is 0 Å². The molecule has 0 bridgehead atoms. The SMILES string of the molecule is O=C(NC[C@@H]1CCCO1)[C@@H]1CCCN(C(=O)c2ccc(F)cc2)C1. The Labute approximate surface area is 141 Å². The number of amides is 2. The molecule has 2 amide bonds. The van der Waals surface area contributed by atoms with Gasteiger partial charge in [0.1, 0.15) is 5.82 Å². The Balaban J connectivity index is 1.54. The highest BCUT2D eigenvalue weighted by molar-refractivity contribution is 5.94. The number of likely N-dealkylation sites (tertiary alicyclic amines) is 1. The van der Waals surface area contributed by atoms with Gasteiger partial charge < -0.3 is 15.0 Å². The van der Waals surface area contributed by atoms with E-state index < -0.39 is 0 Å². The van der Waals surface area contributed by atoms with Crippen molar-refractivity contribution in [3.63, 3.8) is 0 Å². The molecule has 3 rings (SSSR count). The first-order valence-corrected chi connectivity index (χ1v) is 8.57. The van der Waals surface area contributed by atoms with E-state index in [0.29, 0.717) is 25.2 Å². The van der Waals surface area contributed by atoms with Crippen LogP contribution in [0.4, 0.5) is 4.39 Å². The Kier molecular flexibility index (Phi) is 5.45. The van der Waals surface area contributed by atoms with Gasteiger partial charge in [0.25, 0.3) is 5.91 Å². The fraction of sp³-hybridized carbons (Fsp3) is 0.556. The minimum Gasteiger partial charge on any atom is -0.376 e. The zero-order chi connectivity index (χ0) is 16.9. The second-order valence-electron chi connectivity index (χ2n) is 6.48. The van der Waals surface area contributed by atoms with E-state index in [1.807, 2.05) is 0 Å². The van der Waals surface area contributed by atoms with Crippen LogP contribution in [0.25, 0.3) is 0 Å². The maximum Gasteiger partial charge on any atom is 0.253 e. The topological polar surface area (TPSA) is 58.6 Å². The number of benzene rings is 1. The number of nitrogens with one attached hydrogen (secondary N) is 1. The van der Waals surface area contributed by atoms with Gasteiger partial charge in [-0.15, -0.1) is 0 Å². The predicted molar refractivity (Wildman–Crippen MR) is 87.0 cm³/mol. The molecule has 2 fully saturated rings. The lowest BCUT2D eigenvalue weighted by atomic mass is 9.96. The summed E-state index contributed by atoms with van der Waals surface area (Å²) in [7, 11) is 0. The number of piperidine rings is 1. The van der Waals surface area contributed by atoms with Gasteiger partial charge in [0, 0.05) is 31.8 Å². The maximum atomic E-state index is 13.0. The van der Waals surface area contributed by atoms with E-state index in [1.54, 1.807) is 4.90 Å². The van der Waals surface area contributed by atoms with Gasteiger partial charge in [-0.05, 0) is 49.9 Å². The molecule has 0 saturated carbocycles. The van der Waals surface area contributed by atoms with Gasteiger partial charge >= 0.3 is 0 Å². The van der Waals surface area contributed by atoms with Crippen LogP contribution in [0.1, 0.15) is 36.0 Å². The van der Waals surface area contributed by atoms with E-state index in [9.17, 15) is 14.0 Å². The van der Waals surface area contributed by atoms with Crippen LogP contribution >= 0.6 is 0 Å². The van der Waals surface area contributed by atoms with Crippen molar-refractivity contribution >= 4 is 11.8 Å². The third-order valence-electron chi connectivity index (χ3n) is 4.70. The van der Waals surface area contributed by atoms with Crippen molar-refractivity contribution in [2.75, 3.05) is 26.2 Å². The molecule has 0 unspecified atom stereocenters. The molecule has 2 saturated heterocycles. The van der Waals surface area contributed by atoms with E-state index in [-0.39, 0.29) is 29.7 Å². The summed E-state index contributed by atoms with van der Waals surface area (Å²) in [4.78, 5) is 26.5. The monoisotopic (exact) mass is 334 g/mol. The molecule has 0 aromatic heterocycles.